The fraction of sp³-hybridized carbons (Fsp3) is 0.176. The topological polar surface area (TPSA) is 101 Å². The minimum atomic E-state index is -0.572. The molecular formula is C17H17NO6. The Balaban J connectivity index is 2.20. The molecule has 1 aromatic heterocycles. The van der Waals surface area contributed by atoms with Crippen molar-refractivity contribution in [2.75, 3.05) is 14.2 Å². The molecule has 2 aromatic rings. The van der Waals surface area contributed by atoms with E-state index >= 15 is 0 Å². The van der Waals surface area contributed by atoms with E-state index in [0.29, 0.717) is 22.8 Å². The van der Waals surface area contributed by atoms with Gasteiger partial charge in [0.15, 0.2) is 11.5 Å². The highest BCUT2D eigenvalue weighted by molar-refractivity contribution is 5.90. The van der Waals surface area contributed by atoms with Crippen molar-refractivity contribution >= 4 is 18.0 Å². The van der Waals surface area contributed by atoms with Gasteiger partial charge in [0.2, 0.25) is 11.7 Å². The molecule has 1 heterocycles. The van der Waals surface area contributed by atoms with Crippen molar-refractivity contribution in [1.29, 1.82) is 0 Å². The molecule has 2 rings (SSSR count). The number of para-hydroxylation sites is 1. The molecule has 0 saturated heterocycles. The SMILES string of the molecule is COC(=O)c1ccc(COc2c(/C=C/C(N)=O)cccc2OC)o1. The second kappa shape index (κ2) is 7.87. The minimum Gasteiger partial charge on any atom is -0.493 e. The first-order valence-corrected chi connectivity index (χ1v) is 6.99. The molecule has 126 valence electrons. The van der Waals surface area contributed by atoms with Gasteiger partial charge in [-0.3, -0.25) is 4.79 Å². The van der Waals surface area contributed by atoms with Gasteiger partial charge in [-0.2, -0.15) is 0 Å². The summed E-state index contributed by atoms with van der Waals surface area (Å²) in [6, 6.07) is 8.34. The maximum atomic E-state index is 11.4. The van der Waals surface area contributed by atoms with Gasteiger partial charge in [0.1, 0.15) is 12.4 Å². The van der Waals surface area contributed by atoms with Gasteiger partial charge in [-0.1, -0.05) is 12.1 Å². The molecular weight excluding hydrogens is 314 g/mol. The van der Waals surface area contributed by atoms with Crippen LogP contribution in [0.3, 0.4) is 0 Å². The van der Waals surface area contributed by atoms with E-state index in [9.17, 15) is 9.59 Å². The fourth-order valence-electron chi connectivity index (χ4n) is 1.96. The van der Waals surface area contributed by atoms with Crippen molar-refractivity contribution in [3.63, 3.8) is 0 Å². The second-order valence-corrected chi connectivity index (χ2v) is 4.66. The predicted octanol–water partition coefficient (Wildman–Crippen LogP) is 2.15. The summed E-state index contributed by atoms with van der Waals surface area (Å²) in [7, 11) is 2.78. The van der Waals surface area contributed by atoms with Crippen LogP contribution in [0.25, 0.3) is 6.08 Å². The number of nitrogens with two attached hydrogens (primary N) is 1. The lowest BCUT2D eigenvalue weighted by atomic mass is 10.1. The smallest absolute Gasteiger partial charge is 0.373 e. The van der Waals surface area contributed by atoms with Gasteiger partial charge in [0, 0.05) is 11.6 Å². The molecule has 0 saturated carbocycles. The first-order chi connectivity index (χ1) is 11.5. The number of ether oxygens (including phenoxy) is 3. The van der Waals surface area contributed by atoms with E-state index in [1.165, 1.54) is 32.4 Å². The Kier molecular flexibility index (Phi) is 5.62. The first kappa shape index (κ1) is 17.1. The lowest BCUT2D eigenvalue weighted by Gasteiger charge is -2.12. The third-order valence-electron chi connectivity index (χ3n) is 3.06. The standard InChI is InChI=1S/C17H17NO6/c1-21-13-5-3-4-11(6-9-15(18)19)16(13)23-10-12-7-8-14(24-12)17(20)22-2/h3-9H,10H2,1-2H3,(H2,18,19)/b9-6+. The average Bonchev–Trinajstić information content (AvgIpc) is 3.06. The van der Waals surface area contributed by atoms with Crippen LogP contribution in [0.1, 0.15) is 21.9 Å². The summed E-state index contributed by atoms with van der Waals surface area (Å²) in [6.45, 7) is 0.0643. The van der Waals surface area contributed by atoms with Gasteiger partial charge in [-0.25, -0.2) is 4.79 Å². The highest BCUT2D eigenvalue weighted by atomic mass is 16.5. The van der Waals surface area contributed by atoms with Gasteiger partial charge >= 0.3 is 5.97 Å². The molecule has 0 aliphatic rings. The second-order valence-electron chi connectivity index (χ2n) is 4.66. The largest absolute Gasteiger partial charge is 0.493 e. The zero-order valence-corrected chi connectivity index (χ0v) is 13.3. The zero-order valence-electron chi connectivity index (χ0n) is 13.3. The minimum absolute atomic E-state index is 0.0643. The number of rotatable bonds is 7. The number of esters is 1. The third-order valence-corrected chi connectivity index (χ3v) is 3.06. The molecule has 0 aliphatic carbocycles. The molecule has 2 N–H and O–H groups in total. The summed E-state index contributed by atoms with van der Waals surface area (Å²) >= 11 is 0. The summed E-state index contributed by atoms with van der Waals surface area (Å²) in [5.41, 5.74) is 5.73. The molecule has 0 aliphatic heterocycles. The molecule has 0 unspecified atom stereocenters. The van der Waals surface area contributed by atoms with Crippen molar-refractivity contribution in [2.45, 2.75) is 6.61 Å². The van der Waals surface area contributed by atoms with Gasteiger partial charge in [0.05, 0.1) is 14.2 Å². The van der Waals surface area contributed by atoms with E-state index in [1.54, 1.807) is 24.3 Å². The van der Waals surface area contributed by atoms with E-state index in [1.807, 2.05) is 0 Å². The van der Waals surface area contributed by atoms with Gasteiger partial charge < -0.3 is 24.4 Å². The number of benzene rings is 1. The number of hydrogen-bond donors (Lipinski definition) is 1. The highest BCUT2D eigenvalue weighted by Crippen LogP contribution is 2.32. The number of methoxy groups -OCH3 is 2. The van der Waals surface area contributed by atoms with Crippen molar-refractivity contribution in [2.24, 2.45) is 5.73 Å². The third kappa shape index (κ3) is 4.16. The van der Waals surface area contributed by atoms with Crippen LogP contribution in [0.15, 0.2) is 40.8 Å². The molecule has 24 heavy (non-hydrogen) atoms. The van der Waals surface area contributed by atoms with Gasteiger partial charge in [-0.15, -0.1) is 0 Å². The van der Waals surface area contributed by atoms with Crippen LogP contribution in [-0.4, -0.2) is 26.1 Å². The number of carbonyl (C=O) groups is 2. The van der Waals surface area contributed by atoms with Crippen molar-refractivity contribution in [3.05, 3.63) is 53.5 Å². The molecule has 0 radical (unpaired) electrons. The maximum absolute atomic E-state index is 11.4. The van der Waals surface area contributed by atoms with Crippen molar-refractivity contribution in [3.8, 4) is 11.5 Å². The average molecular weight is 331 g/mol. The molecule has 0 spiro atoms. The Hall–Kier alpha value is -3.22. The van der Waals surface area contributed by atoms with E-state index in [4.69, 9.17) is 19.6 Å². The number of primary amides is 1. The molecule has 0 bridgehead atoms. The summed E-state index contributed by atoms with van der Waals surface area (Å²) in [5.74, 6) is 0.298. The summed E-state index contributed by atoms with van der Waals surface area (Å²) in [4.78, 5) is 22.3. The predicted molar refractivity (Wildman–Crippen MR) is 85.6 cm³/mol. The number of furan rings is 1. The lowest BCUT2D eigenvalue weighted by molar-refractivity contribution is -0.113. The molecule has 1 aromatic carbocycles. The quantitative estimate of drug-likeness (QED) is 0.616. The lowest BCUT2D eigenvalue weighted by Crippen LogP contribution is -2.05. The monoisotopic (exact) mass is 331 g/mol. The highest BCUT2D eigenvalue weighted by Gasteiger charge is 2.13. The van der Waals surface area contributed by atoms with Crippen LogP contribution in [0.2, 0.25) is 0 Å². The Labute approximate surface area is 138 Å². The zero-order chi connectivity index (χ0) is 17.5. The van der Waals surface area contributed by atoms with E-state index in [-0.39, 0.29) is 12.4 Å². The summed E-state index contributed by atoms with van der Waals surface area (Å²) < 4.78 is 20.9. The van der Waals surface area contributed by atoms with Gasteiger partial charge in [0.25, 0.3) is 0 Å². The van der Waals surface area contributed by atoms with Crippen molar-refractivity contribution in [1.82, 2.24) is 0 Å². The fourth-order valence-corrected chi connectivity index (χ4v) is 1.96. The van der Waals surface area contributed by atoms with E-state index in [2.05, 4.69) is 4.74 Å². The summed E-state index contributed by atoms with van der Waals surface area (Å²) in [6.07, 6.45) is 2.76. The van der Waals surface area contributed by atoms with E-state index < -0.39 is 11.9 Å². The summed E-state index contributed by atoms with van der Waals surface area (Å²) in [5, 5.41) is 0. The van der Waals surface area contributed by atoms with Crippen LogP contribution in [-0.2, 0) is 16.1 Å². The molecule has 0 atom stereocenters. The Bertz CT molecular complexity index is 762. The number of carbonyl (C=O) groups excluding carboxylic acids is 2. The van der Waals surface area contributed by atoms with Crippen LogP contribution in [0.5, 0.6) is 11.5 Å². The molecule has 0 fully saturated rings. The Morgan fingerprint density at radius 2 is 2.00 bits per heavy atom. The Morgan fingerprint density at radius 3 is 2.67 bits per heavy atom. The normalized spacial score (nSPS) is 10.6. The van der Waals surface area contributed by atoms with Crippen LogP contribution in [0.4, 0.5) is 0 Å². The first-order valence-electron chi connectivity index (χ1n) is 6.99. The van der Waals surface area contributed by atoms with Crippen LogP contribution >= 0.6 is 0 Å². The van der Waals surface area contributed by atoms with Gasteiger partial charge in [-0.05, 0) is 24.3 Å². The van der Waals surface area contributed by atoms with Crippen LogP contribution in [0, 0.1) is 0 Å². The van der Waals surface area contributed by atoms with Crippen molar-refractivity contribution < 1.29 is 28.2 Å². The van der Waals surface area contributed by atoms with E-state index in [0.717, 1.165) is 0 Å². The Morgan fingerprint density at radius 1 is 1.21 bits per heavy atom. The maximum Gasteiger partial charge on any atom is 0.373 e. The number of amides is 1. The molecule has 7 heteroatoms. The molecule has 7 nitrogen and oxygen atoms in total. The molecule has 1 amide bonds. The number of hydrogen-bond acceptors (Lipinski definition) is 6. The van der Waals surface area contributed by atoms with Crippen LogP contribution < -0.4 is 15.2 Å².